The van der Waals surface area contributed by atoms with Crippen LogP contribution in [0.3, 0.4) is 0 Å². The van der Waals surface area contributed by atoms with Gasteiger partial charge in [-0.2, -0.15) is 0 Å². The molecule has 0 saturated carbocycles. The number of carbonyl (C=O) groups excluding carboxylic acids is 1. The molecular weight excluding hydrogens is 431 g/mol. The molecular formula is C15H14BrIN2O. The smallest absolute Gasteiger partial charge is 0.243 e. The minimum absolute atomic E-state index is 0.0699. The first-order valence-corrected chi connectivity index (χ1v) is 7.97. The lowest BCUT2D eigenvalue weighted by Crippen LogP contribution is -2.21. The second-order valence-corrected chi connectivity index (χ2v) is 6.50. The Morgan fingerprint density at radius 2 is 2.05 bits per heavy atom. The van der Waals surface area contributed by atoms with E-state index in [4.69, 9.17) is 0 Å². The molecule has 0 radical (unpaired) electrons. The summed E-state index contributed by atoms with van der Waals surface area (Å²) in [5.41, 5.74) is 2.89. The highest BCUT2D eigenvalue weighted by Gasteiger charge is 2.04. The van der Waals surface area contributed by atoms with Gasteiger partial charge in [-0.15, -0.1) is 0 Å². The van der Waals surface area contributed by atoms with Crippen molar-refractivity contribution in [1.29, 1.82) is 0 Å². The van der Waals surface area contributed by atoms with E-state index in [1.165, 1.54) is 5.56 Å². The molecule has 0 saturated heterocycles. The normalized spacial score (nSPS) is 10.2. The first-order chi connectivity index (χ1) is 9.54. The van der Waals surface area contributed by atoms with E-state index in [1.807, 2.05) is 49.4 Å². The topological polar surface area (TPSA) is 41.1 Å². The van der Waals surface area contributed by atoms with Crippen LogP contribution < -0.4 is 10.6 Å². The van der Waals surface area contributed by atoms with Gasteiger partial charge in [-0.05, 0) is 81.3 Å². The zero-order chi connectivity index (χ0) is 14.5. The quantitative estimate of drug-likeness (QED) is 0.685. The van der Waals surface area contributed by atoms with Gasteiger partial charge in [0.15, 0.2) is 0 Å². The molecule has 20 heavy (non-hydrogen) atoms. The number of hydrogen-bond acceptors (Lipinski definition) is 2. The molecule has 0 unspecified atom stereocenters. The van der Waals surface area contributed by atoms with E-state index in [0.29, 0.717) is 0 Å². The number of hydrogen-bond donors (Lipinski definition) is 2. The summed E-state index contributed by atoms with van der Waals surface area (Å²) >= 11 is 5.70. The summed E-state index contributed by atoms with van der Waals surface area (Å²) in [5, 5.41) is 5.98. The second kappa shape index (κ2) is 7.08. The van der Waals surface area contributed by atoms with E-state index in [-0.39, 0.29) is 12.5 Å². The molecule has 1 amide bonds. The molecule has 3 nitrogen and oxygen atoms in total. The van der Waals surface area contributed by atoms with Crippen LogP contribution in [0, 0.1) is 10.5 Å². The zero-order valence-electron chi connectivity index (χ0n) is 10.9. The molecule has 104 valence electrons. The third-order valence-corrected chi connectivity index (χ3v) is 4.00. The lowest BCUT2D eigenvalue weighted by atomic mass is 10.2. The second-order valence-electron chi connectivity index (χ2n) is 4.40. The Hall–Kier alpha value is -1.08. The molecule has 0 aromatic heterocycles. The summed E-state index contributed by atoms with van der Waals surface area (Å²) in [6, 6.07) is 13.7. The van der Waals surface area contributed by atoms with Gasteiger partial charge in [-0.25, -0.2) is 0 Å². The Kier molecular flexibility index (Phi) is 5.42. The molecule has 0 aliphatic carbocycles. The average Bonchev–Trinajstić information content (AvgIpc) is 2.37. The van der Waals surface area contributed by atoms with E-state index in [1.54, 1.807) is 0 Å². The molecule has 0 fully saturated rings. The van der Waals surface area contributed by atoms with Crippen LogP contribution in [0.2, 0.25) is 0 Å². The average molecular weight is 445 g/mol. The molecule has 2 N–H and O–H groups in total. The number of rotatable bonds is 4. The fourth-order valence-electron chi connectivity index (χ4n) is 1.71. The maximum Gasteiger partial charge on any atom is 0.243 e. The molecule has 2 aromatic rings. The van der Waals surface area contributed by atoms with Crippen molar-refractivity contribution in [2.45, 2.75) is 6.92 Å². The zero-order valence-corrected chi connectivity index (χ0v) is 14.7. The molecule has 0 aliphatic rings. The first kappa shape index (κ1) is 15.3. The van der Waals surface area contributed by atoms with E-state index in [2.05, 4.69) is 49.2 Å². The number of amides is 1. The Morgan fingerprint density at radius 3 is 2.75 bits per heavy atom. The van der Waals surface area contributed by atoms with Crippen LogP contribution in [-0.2, 0) is 4.79 Å². The fourth-order valence-corrected chi connectivity index (χ4v) is 2.89. The van der Waals surface area contributed by atoms with Crippen molar-refractivity contribution in [2.75, 3.05) is 17.2 Å². The largest absolute Gasteiger partial charge is 0.375 e. The molecule has 0 aliphatic heterocycles. The van der Waals surface area contributed by atoms with E-state index >= 15 is 0 Å². The van der Waals surface area contributed by atoms with Crippen molar-refractivity contribution in [3.63, 3.8) is 0 Å². The summed E-state index contributed by atoms with van der Waals surface area (Å²) in [6.07, 6.45) is 0. The van der Waals surface area contributed by atoms with E-state index < -0.39 is 0 Å². The molecule has 5 heteroatoms. The Labute approximate surface area is 140 Å². The third-order valence-electron chi connectivity index (χ3n) is 2.67. The minimum atomic E-state index is -0.0699. The molecule has 0 heterocycles. The molecule has 0 atom stereocenters. The predicted octanol–water partition coefficient (Wildman–Crippen LogP) is 4.41. The van der Waals surface area contributed by atoms with Crippen molar-refractivity contribution in [3.8, 4) is 0 Å². The summed E-state index contributed by atoms with van der Waals surface area (Å²) in [7, 11) is 0. The standard InChI is InChI=1S/C15H14BrIN2O/c1-10-5-6-14(13(16)7-10)18-9-15(20)19-12-4-2-3-11(17)8-12/h2-8,18H,9H2,1H3,(H,19,20). The van der Waals surface area contributed by atoms with Crippen molar-refractivity contribution in [3.05, 3.63) is 56.1 Å². The third kappa shape index (κ3) is 4.49. The number of benzene rings is 2. The Morgan fingerprint density at radius 1 is 1.25 bits per heavy atom. The number of anilines is 2. The van der Waals surface area contributed by atoms with Gasteiger partial charge in [-0.3, -0.25) is 4.79 Å². The molecule has 2 aromatic carbocycles. The lowest BCUT2D eigenvalue weighted by molar-refractivity contribution is -0.114. The summed E-state index contributed by atoms with van der Waals surface area (Å²) in [6.45, 7) is 2.26. The van der Waals surface area contributed by atoms with Crippen LogP contribution in [0.25, 0.3) is 0 Å². The first-order valence-electron chi connectivity index (χ1n) is 6.10. The number of nitrogens with one attached hydrogen (secondary N) is 2. The number of halogens is 2. The summed E-state index contributed by atoms with van der Waals surface area (Å²) in [4.78, 5) is 11.9. The Bertz CT molecular complexity index is 631. The highest BCUT2D eigenvalue weighted by atomic mass is 127. The SMILES string of the molecule is Cc1ccc(NCC(=O)Nc2cccc(I)c2)c(Br)c1. The fraction of sp³-hybridized carbons (Fsp3) is 0.133. The molecule has 0 spiro atoms. The van der Waals surface area contributed by atoms with Crippen molar-refractivity contribution < 1.29 is 4.79 Å². The highest BCUT2D eigenvalue weighted by molar-refractivity contribution is 14.1. The summed E-state index contributed by atoms with van der Waals surface area (Å²) < 4.78 is 2.05. The maximum atomic E-state index is 11.9. The lowest BCUT2D eigenvalue weighted by Gasteiger charge is -2.10. The predicted molar refractivity (Wildman–Crippen MR) is 95.2 cm³/mol. The highest BCUT2D eigenvalue weighted by Crippen LogP contribution is 2.23. The summed E-state index contributed by atoms with van der Waals surface area (Å²) in [5.74, 6) is -0.0699. The number of aryl methyl sites for hydroxylation is 1. The van der Waals surface area contributed by atoms with Crippen molar-refractivity contribution in [2.24, 2.45) is 0 Å². The van der Waals surface area contributed by atoms with Gasteiger partial charge in [0.05, 0.1) is 6.54 Å². The van der Waals surface area contributed by atoms with Gasteiger partial charge in [0.1, 0.15) is 0 Å². The van der Waals surface area contributed by atoms with Crippen LogP contribution in [0.1, 0.15) is 5.56 Å². The van der Waals surface area contributed by atoms with Crippen LogP contribution in [0.5, 0.6) is 0 Å². The van der Waals surface area contributed by atoms with E-state index in [9.17, 15) is 4.79 Å². The van der Waals surface area contributed by atoms with Crippen molar-refractivity contribution in [1.82, 2.24) is 0 Å². The molecule has 2 rings (SSSR count). The van der Waals surface area contributed by atoms with Gasteiger partial charge in [-0.1, -0.05) is 12.1 Å². The van der Waals surface area contributed by atoms with E-state index in [0.717, 1.165) is 19.4 Å². The molecule has 0 bridgehead atoms. The number of carbonyl (C=O) groups is 1. The van der Waals surface area contributed by atoms with Crippen LogP contribution >= 0.6 is 38.5 Å². The maximum absolute atomic E-state index is 11.9. The van der Waals surface area contributed by atoms with Gasteiger partial charge in [0.2, 0.25) is 5.91 Å². The van der Waals surface area contributed by atoms with Gasteiger partial charge < -0.3 is 10.6 Å². The minimum Gasteiger partial charge on any atom is -0.375 e. The Balaban J connectivity index is 1.92. The van der Waals surface area contributed by atoms with Gasteiger partial charge >= 0.3 is 0 Å². The van der Waals surface area contributed by atoms with Crippen molar-refractivity contribution >= 4 is 55.8 Å². The van der Waals surface area contributed by atoms with Crippen LogP contribution in [0.4, 0.5) is 11.4 Å². The van der Waals surface area contributed by atoms with Gasteiger partial charge in [0.25, 0.3) is 0 Å². The van der Waals surface area contributed by atoms with Gasteiger partial charge in [0, 0.05) is 19.4 Å². The monoisotopic (exact) mass is 444 g/mol. The van der Waals surface area contributed by atoms with Crippen LogP contribution in [0.15, 0.2) is 46.9 Å². The van der Waals surface area contributed by atoms with Crippen LogP contribution in [-0.4, -0.2) is 12.5 Å².